The monoisotopic (exact) mass is 598 g/mol. The third kappa shape index (κ3) is 10.0. The van der Waals surface area contributed by atoms with Gasteiger partial charge < -0.3 is 20.9 Å². The average molecular weight is 599 g/mol. The Hall–Kier alpha value is -0.459. The van der Waals surface area contributed by atoms with E-state index >= 15 is 0 Å². The Balaban J connectivity index is 3.01. The summed E-state index contributed by atoms with van der Waals surface area (Å²) in [5.41, 5.74) is 11.8. The van der Waals surface area contributed by atoms with E-state index in [9.17, 15) is 0 Å². The van der Waals surface area contributed by atoms with Gasteiger partial charge in [0.15, 0.2) is 0 Å². The van der Waals surface area contributed by atoms with Crippen molar-refractivity contribution in [1.82, 2.24) is 0 Å². The topological polar surface area (TPSA) is 46.2 Å². The van der Waals surface area contributed by atoms with Gasteiger partial charge >= 0.3 is 34.2 Å². The predicted molar refractivity (Wildman–Crippen MR) is 169 cm³/mol. The van der Waals surface area contributed by atoms with E-state index in [0.29, 0.717) is 6.61 Å². The molecule has 0 amide bonds. The highest BCUT2D eigenvalue weighted by atomic mass is 28.5. The molecule has 0 N–H and O–H groups in total. The molecule has 1 heterocycles. The zero-order valence-electron chi connectivity index (χ0n) is 23.7. The Kier molecular flexibility index (Phi) is 12.6. The summed E-state index contributed by atoms with van der Waals surface area (Å²) >= 11 is 0. The van der Waals surface area contributed by atoms with Gasteiger partial charge in [0.25, 0.3) is 0 Å². The first-order valence-corrected chi connectivity index (χ1v) is 28.1. The van der Waals surface area contributed by atoms with Gasteiger partial charge in [-0.1, -0.05) is 59.6 Å². The second-order valence-electron chi connectivity index (χ2n) is 10.8. The lowest BCUT2D eigenvalue weighted by Gasteiger charge is -2.48. The summed E-state index contributed by atoms with van der Waals surface area (Å²) in [5.74, 6) is 0. The molecule has 11 heteroatoms. The van der Waals surface area contributed by atoms with E-state index in [2.05, 4.69) is 90.2 Å². The summed E-state index contributed by atoms with van der Waals surface area (Å²) < 4.78 is 33.5. The normalized spacial score (nSPS) is 31.5. The van der Waals surface area contributed by atoms with Gasteiger partial charge in [-0.2, -0.15) is 0 Å². The zero-order valence-corrected chi connectivity index (χ0v) is 29.7. The van der Waals surface area contributed by atoms with Gasteiger partial charge in [0.05, 0.1) is 8.07 Å². The molecule has 0 radical (unpaired) electrons. The van der Waals surface area contributed by atoms with Crippen molar-refractivity contribution in [2.45, 2.75) is 76.7 Å². The van der Waals surface area contributed by atoms with Crippen molar-refractivity contribution in [1.29, 1.82) is 0 Å². The highest BCUT2D eigenvalue weighted by Crippen LogP contribution is 2.36. The van der Waals surface area contributed by atoms with Gasteiger partial charge in [0.2, 0.25) is 8.32 Å². The number of hydrogen-bond acceptors (Lipinski definition) is 5. The van der Waals surface area contributed by atoms with Gasteiger partial charge in [-0.15, -0.1) is 39.5 Å². The summed E-state index contributed by atoms with van der Waals surface area (Å²) in [6.45, 7) is 37.4. The van der Waals surface area contributed by atoms with Gasteiger partial charge in [-0.25, -0.2) is 0 Å². The van der Waals surface area contributed by atoms with Gasteiger partial charge in [-0.05, 0) is 51.2 Å². The minimum atomic E-state index is -2.72. The SMILES string of the molecule is C=C[Si](C)(C=C)CCCC[Si]1(C)O[Si](C)(C=C)O[Si](C)(CCCO[Si](C)(C=C)C=C)O[Si](C)(C=C)O1. The molecule has 5 nitrogen and oxygen atoms in total. The van der Waals surface area contributed by atoms with E-state index < -0.39 is 50.6 Å². The fourth-order valence-electron chi connectivity index (χ4n) is 4.29. The number of hydrogen-bond donors (Lipinski definition) is 0. The maximum absolute atomic E-state index is 6.87. The summed E-state index contributed by atoms with van der Waals surface area (Å²) in [7, 11) is -14.3. The molecule has 1 rings (SSSR count). The van der Waals surface area contributed by atoms with Crippen LogP contribution in [-0.2, 0) is 20.9 Å². The van der Waals surface area contributed by atoms with Crippen molar-refractivity contribution in [3.05, 3.63) is 73.7 Å². The lowest BCUT2D eigenvalue weighted by atomic mass is 10.4. The first-order chi connectivity index (χ1) is 16.6. The Morgan fingerprint density at radius 2 is 1.06 bits per heavy atom. The molecule has 0 bridgehead atoms. The van der Waals surface area contributed by atoms with Gasteiger partial charge in [0, 0.05) is 6.61 Å². The molecule has 0 aliphatic carbocycles. The molecule has 204 valence electrons. The first-order valence-electron chi connectivity index (χ1n) is 12.9. The van der Waals surface area contributed by atoms with Crippen LogP contribution in [0.3, 0.4) is 0 Å². The fourth-order valence-corrected chi connectivity index (χ4v) is 27.4. The van der Waals surface area contributed by atoms with Crippen LogP contribution in [0.1, 0.15) is 19.3 Å². The highest BCUT2D eigenvalue weighted by molar-refractivity contribution is 6.96. The van der Waals surface area contributed by atoms with Gasteiger partial charge in [-0.3, -0.25) is 0 Å². The Morgan fingerprint density at radius 3 is 1.42 bits per heavy atom. The van der Waals surface area contributed by atoms with E-state index in [1.54, 1.807) is 0 Å². The highest BCUT2D eigenvalue weighted by Gasteiger charge is 2.55. The van der Waals surface area contributed by atoms with Crippen molar-refractivity contribution in [3.63, 3.8) is 0 Å². The molecule has 1 aliphatic rings. The zero-order chi connectivity index (χ0) is 27.7. The van der Waals surface area contributed by atoms with E-state index in [1.165, 1.54) is 0 Å². The molecule has 1 fully saturated rings. The van der Waals surface area contributed by atoms with E-state index in [0.717, 1.165) is 37.4 Å². The van der Waals surface area contributed by atoms with E-state index in [1.807, 2.05) is 22.8 Å². The van der Waals surface area contributed by atoms with Crippen LogP contribution in [0.5, 0.6) is 0 Å². The molecule has 36 heavy (non-hydrogen) atoms. The van der Waals surface area contributed by atoms with Gasteiger partial charge in [0.1, 0.15) is 0 Å². The average Bonchev–Trinajstić information content (AvgIpc) is 2.83. The van der Waals surface area contributed by atoms with Crippen LogP contribution in [0.25, 0.3) is 0 Å². The summed E-state index contributed by atoms with van der Waals surface area (Å²) in [6, 6.07) is 2.79. The maximum atomic E-state index is 6.87. The molecule has 0 saturated carbocycles. The quantitative estimate of drug-likeness (QED) is 0.136. The molecule has 0 aromatic carbocycles. The van der Waals surface area contributed by atoms with E-state index in [-0.39, 0.29) is 0 Å². The molecule has 2 unspecified atom stereocenters. The predicted octanol–water partition coefficient (Wildman–Crippen LogP) is 7.55. The summed E-state index contributed by atoms with van der Waals surface area (Å²) in [4.78, 5) is 0. The molecular formula is C25H50O5Si6. The third-order valence-electron chi connectivity index (χ3n) is 6.94. The van der Waals surface area contributed by atoms with Crippen molar-refractivity contribution in [2.75, 3.05) is 6.61 Å². The van der Waals surface area contributed by atoms with E-state index in [4.69, 9.17) is 20.9 Å². The number of unbranched alkanes of at least 4 members (excludes halogenated alkanes) is 1. The van der Waals surface area contributed by atoms with Crippen molar-refractivity contribution in [2.24, 2.45) is 0 Å². The van der Waals surface area contributed by atoms with Crippen LogP contribution in [0.4, 0.5) is 0 Å². The lowest BCUT2D eigenvalue weighted by Crippen LogP contribution is -2.66. The summed E-state index contributed by atoms with van der Waals surface area (Å²) in [6.07, 6.45) is 2.94. The van der Waals surface area contributed by atoms with Crippen LogP contribution in [0.15, 0.2) is 73.7 Å². The Labute approximate surface area is 227 Å². The smallest absolute Gasteiger partial charge is 0.343 e. The minimum Gasteiger partial charge on any atom is -0.413 e. The molecule has 0 aromatic rings. The molecule has 1 aliphatic heterocycles. The number of rotatable bonds is 16. The maximum Gasteiger partial charge on any atom is 0.343 e. The van der Waals surface area contributed by atoms with Crippen LogP contribution >= 0.6 is 0 Å². The minimum absolute atomic E-state index is 0.612. The second kappa shape index (κ2) is 13.6. The molecule has 2 atom stereocenters. The first kappa shape index (κ1) is 33.6. The molecule has 0 spiro atoms. The Morgan fingerprint density at radius 1 is 0.639 bits per heavy atom. The Bertz CT molecular complexity index is 723. The fraction of sp³-hybridized carbons (Fsp3) is 0.520. The van der Waals surface area contributed by atoms with Crippen LogP contribution in [0.2, 0.25) is 57.4 Å². The van der Waals surface area contributed by atoms with Crippen LogP contribution in [0, 0.1) is 0 Å². The molecular weight excluding hydrogens is 549 g/mol. The standard InChI is InChI=1S/C25H50O5Si6/c1-13-31(7,14-2)23-19-20-24-35(11)27-33(9,17-5)29-36(12,30-34(10,18-6)28-35)25-21-22-26-32(8,15-3)16-4/h13-18H,1-6,19-25H2,7-12H3. The molecule has 1 saturated heterocycles. The lowest BCUT2D eigenvalue weighted by molar-refractivity contribution is 0.231. The van der Waals surface area contributed by atoms with Crippen molar-refractivity contribution < 1.29 is 20.9 Å². The third-order valence-corrected chi connectivity index (χ3v) is 30.1. The van der Waals surface area contributed by atoms with Crippen LogP contribution < -0.4 is 0 Å². The summed E-state index contributed by atoms with van der Waals surface area (Å²) in [5, 5.41) is 0. The van der Waals surface area contributed by atoms with Crippen molar-refractivity contribution >= 4 is 50.6 Å². The van der Waals surface area contributed by atoms with Crippen molar-refractivity contribution in [3.8, 4) is 0 Å². The second-order valence-corrected chi connectivity index (χ2v) is 32.3. The largest absolute Gasteiger partial charge is 0.413 e. The molecule has 0 aromatic heterocycles. The van der Waals surface area contributed by atoms with Crippen LogP contribution in [-0.4, -0.2) is 57.2 Å².